The van der Waals surface area contributed by atoms with Crippen LogP contribution in [0.2, 0.25) is 0 Å². The molecule has 4 heteroatoms. The first-order chi connectivity index (χ1) is 22.0. The number of ether oxygens (including phenoxy) is 2. The molecule has 0 bridgehead atoms. The molecular weight excluding hydrogens is 564 g/mol. The van der Waals surface area contributed by atoms with Crippen LogP contribution in [0.1, 0.15) is 52.7 Å². The Morgan fingerprint density at radius 2 is 0.761 bits per heavy atom. The van der Waals surface area contributed by atoms with Crippen molar-refractivity contribution in [2.24, 2.45) is 0 Å². The molecule has 0 atom stereocenters. The third-order valence-electron chi connectivity index (χ3n) is 8.08. The van der Waals surface area contributed by atoms with Gasteiger partial charge in [0.25, 0.3) is 0 Å². The van der Waals surface area contributed by atoms with Gasteiger partial charge in [-0.15, -0.1) is 0 Å². The van der Waals surface area contributed by atoms with Crippen LogP contribution in [-0.2, 0) is 10.8 Å². The first kappa shape index (κ1) is 30.8. The van der Waals surface area contributed by atoms with E-state index in [0.717, 1.165) is 33.4 Å². The van der Waals surface area contributed by atoms with E-state index in [1.807, 2.05) is 60.7 Å². The topological polar surface area (TPSA) is 44.2 Å². The Labute approximate surface area is 272 Å². The monoisotopic (exact) mass is 604 g/mol. The summed E-state index contributed by atoms with van der Waals surface area (Å²) in [5, 5.41) is 0. The van der Waals surface area contributed by atoms with Crippen molar-refractivity contribution in [3.05, 3.63) is 145 Å². The zero-order chi connectivity index (χ0) is 32.3. The largest absolute Gasteiger partial charge is 0.439 e. The normalized spacial score (nSPS) is 11.7. The van der Waals surface area contributed by atoms with E-state index in [-0.39, 0.29) is 10.8 Å². The second-order valence-electron chi connectivity index (χ2n) is 13.7. The molecule has 230 valence electrons. The van der Waals surface area contributed by atoms with Crippen LogP contribution >= 0.6 is 0 Å². The predicted molar refractivity (Wildman–Crippen MR) is 189 cm³/mol. The maximum atomic E-state index is 6.24. The molecule has 46 heavy (non-hydrogen) atoms. The Morgan fingerprint density at radius 1 is 0.391 bits per heavy atom. The molecule has 0 unspecified atom stereocenters. The van der Waals surface area contributed by atoms with Gasteiger partial charge in [-0.3, -0.25) is 0 Å². The van der Waals surface area contributed by atoms with E-state index in [4.69, 9.17) is 9.47 Å². The van der Waals surface area contributed by atoms with Crippen molar-refractivity contribution in [3.63, 3.8) is 0 Å². The molecular formula is C42H40N2O2. The molecule has 0 saturated carbocycles. The van der Waals surface area contributed by atoms with Crippen molar-refractivity contribution < 1.29 is 9.47 Å². The second-order valence-corrected chi connectivity index (χ2v) is 13.7. The van der Waals surface area contributed by atoms with Crippen molar-refractivity contribution >= 4 is 0 Å². The highest BCUT2D eigenvalue weighted by molar-refractivity contribution is 5.68. The minimum atomic E-state index is 0.114. The fourth-order valence-corrected chi connectivity index (χ4v) is 5.33. The molecule has 0 saturated heterocycles. The van der Waals surface area contributed by atoms with Crippen molar-refractivity contribution in [3.8, 4) is 56.6 Å². The molecule has 2 aromatic heterocycles. The van der Waals surface area contributed by atoms with Gasteiger partial charge in [0, 0.05) is 24.5 Å². The molecule has 0 spiro atoms. The zero-order valence-electron chi connectivity index (χ0n) is 27.4. The van der Waals surface area contributed by atoms with Gasteiger partial charge in [-0.25, -0.2) is 9.97 Å². The highest BCUT2D eigenvalue weighted by atomic mass is 16.5. The Kier molecular flexibility index (Phi) is 8.46. The molecule has 0 aliphatic rings. The van der Waals surface area contributed by atoms with Crippen LogP contribution in [0.4, 0.5) is 0 Å². The van der Waals surface area contributed by atoms with Crippen molar-refractivity contribution in [2.75, 3.05) is 0 Å². The first-order valence-electron chi connectivity index (χ1n) is 15.7. The van der Waals surface area contributed by atoms with E-state index >= 15 is 0 Å². The maximum Gasteiger partial charge on any atom is 0.219 e. The van der Waals surface area contributed by atoms with E-state index in [1.54, 1.807) is 12.4 Å². The number of pyridine rings is 2. The molecule has 0 aliphatic carbocycles. The van der Waals surface area contributed by atoms with Gasteiger partial charge in [-0.05, 0) is 91.7 Å². The lowest BCUT2D eigenvalue weighted by Crippen LogP contribution is -2.10. The molecule has 4 aromatic carbocycles. The Balaban J connectivity index is 1.17. The lowest BCUT2D eigenvalue weighted by atomic mass is 9.86. The standard InChI is InChI=1S/C42H40N2O2/c1-41(2,3)35-17-13-29(14-18-35)33-21-23-43-39(27-33)45-37-11-7-9-31(25-37)32-10-8-12-38(26-32)46-40-28-34(22-24-44-40)30-15-19-36(20-16-30)42(4,5)6/h7-28H,1-6H3. The molecule has 0 fully saturated rings. The smallest absolute Gasteiger partial charge is 0.219 e. The van der Waals surface area contributed by atoms with Gasteiger partial charge >= 0.3 is 0 Å². The minimum Gasteiger partial charge on any atom is -0.439 e. The van der Waals surface area contributed by atoms with E-state index < -0.39 is 0 Å². The van der Waals surface area contributed by atoms with Gasteiger partial charge in [-0.2, -0.15) is 0 Å². The van der Waals surface area contributed by atoms with Gasteiger partial charge in [0.2, 0.25) is 11.8 Å². The Bertz CT molecular complexity index is 1800. The SMILES string of the molecule is CC(C)(C)c1ccc(-c2ccnc(Oc3cccc(-c4cccc(Oc5cc(-c6ccc(C(C)(C)C)cc6)ccn5)c4)c3)c2)cc1. The highest BCUT2D eigenvalue weighted by Gasteiger charge is 2.15. The van der Waals surface area contributed by atoms with Crippen LogP contribution in [0.25, 0.3) is 33.4 Å². The summed E-state index contributed by atoms with van der Waals surface area (Å²) in [4.78, 5) is 8.95. The van der Waals surface area contributed by atoms with E-state index in [1.165, 1.54) is 11.1 Å². The van der Waals surface area contributed by atoms with Crippen LogP contribution < -0.4 is 9.47 Å². The summed E-state index contributed by atoms with van der Waals surface area (Å²) < 4.78 is 12.5. The molecule has 2 heterocycles. The van der Waals surface area contributed by atoms with Crippen LogP contribution in [0.15, 0.2) is 134 Å². The summed E-state index contributed by atoms with van der Waals surface area (Å²) in [6.07, 6.45) is 3.58. The molecule has 0 radical (unpaired) electrons. The van der Waals surface area contributed by atoms with Crippen LogP contribution in [0, 0.1) is 0 Å². The number of hydrogen-bond donors (Lipinski definition) is 0. The molecule has 0 amide bonds. The second kappa shape index (κ2) is 12.6. The lowest BCUT2D eigenvalue weighted by Gasteiger charge is -2.19. The number of aromatic nitrogens is 2. The van der Waals surface area contributed by atoms with Crippen molar-refractivity contribution in [1.82, 2.24) is 9.97 Å². The summed E-state index contributed by atoms with van der Waals surface area (Å²) in [6, 6.07) is 41.4. The van der Waals surface area contributed by atoms with E-state index in [2.05, 4.69) is 112 Å². The summed E-state index contributed by atoms with van der Waals surface area (Å²) in [7, 11) is 0. The minimum absolute atomic E-state index is 0.114. The predicted octanol–water partition coefficient (Wildman–Crippen LogP) is 11.7. The quantitative estimate of drug-likeness (QED) is 0.182. The number of benzene rings is 4. The van der Waals surface area contributed by atoms with Crippen LogP contribution in [0.3, 0.4) is 0 Å². The van der Waals surface area contributed by atoms with Crippen LogP contribution in [-0.4, -0.2) is 9.97 Å². The average molecular weight is 605 g/mol. The molecule has 6 aromatic rings. The van der Waals surface area contributed by atoms with Gasteiger partial charge in [0.15, 0.2) is 0 Å². The summed E-state index contributed by atoms with van der Waals surface area (Å²) >= 11 is 0. The molecule has 4 nitrogen and oxygen atoms in total. The Hall–Kier alpha value is -5.22. The van der Waals surface area contributed by atoms with Gasteiger partial charge in [0.1, 0.15) is 11.5 Å². The number of nitrogens with zero attached hydrogens (tertiary/aromatic N) is 2. The van der Waals surface area contributed by atoms with E-state index in [9.17, 15) is 0 Å². The van der Waals surface area contributed by atoms with Crippen molar-refractivity contribution in [1.29, 1.82) is 0 Å². The molecule has 0 aliphatic heterocycles. The van der Waals surface area contributed by atoms with Crippen LogP contribution in [0.5, 0.6) is 23.3 Å². The fourth-order valence-electron chi connectivity index (χ4n) is 5.33. The van der Waals surface area contributed by atoms with Gasteiger partial charge in [0.05, 0.1) is 0 Å². The van der Waals surface area contributed by atoms with Gasteiger partial charge < -0.3 is 9.47 Å². The van der Waals surface area contributed by atoms with E-state index in [0.29, 0.717) is 23.3 Å². The summed E-state index contributed by atoms with van der Waals surface area (Å²) in [5.41, 5.74) is 9.24. The van der Waals surface area contributed by atoms with Crippen molar-refractivity contribution in [2.45, 2.75) is 52.4 Å². The van der Waals surface area contributed by atoms with Gasteiger partial charge in [-0.1, -0.05) is 114 Å². The zero-order valence-corrected chi connectivity index (χ0v) is 27.4. The highest BCUT2D eigenvalue weighted by Crippen LogP contribution is 2.33. The summed E-state index contributed by atoms with van der Waals surface area (Å²) in [5.74, 6) is 2.52. The third-order valence-corrected chi connectivity index (χ3v) is 8.08. The number of rotatable bonds is 7. The third kappa shape index (κ3) is 7.35. The lowest BCUT2D eigenvalue weighted by molar-refractivity contribution is 0.462. The molecule has 0 N–H and O–H groups in total. The molecule has 6 rings (SSSR count). The Morgan fingerprint density at radius 3 is 1.13 bits per heavy atom. The number of hydrogen-bond acceptors (Lipinski definition) is 4. The first-order valence-corrected chi connectivity index (χ1v) is 15.7. The fraction of sp³-hybridized carbons (Fsp3) is 0.190. The average Bonchev–Trinajstić information content (AvgIpc) is 3.05. The maximum absolute atomic E-state index is 6.24. The summed E-state index contributed by atoms with van der Waals surface area (Å²) in [6.45, 7) is 13.3.